The predicted molar refractivity (Wildman–Crippen MR) is 109 cm³/mol. The molecule has 28 heteroatoms. The lowest BCUT2D eigenvalue weighted by molar-refractivity contribution is -0.414. The van der Waals surface area contributed by atoms with Crippen molar-refractivity contribution >= 4 is 11.9 Å². The molecule has 1 rings (SSSR count). The van der Waals surface area contributed by atoms with Crippen molar-refractivity contribution in [3.63, 3.8) is 0 Å². The third-order valence-electron chi connectivity index (χ3n) is 7.04. The van der Waals surface area contributed by atoms with Gasteiger partial charge in [-0.1, -0.05) is 12.8 Å². The summed E-state index contributed by atoms with van der Waals surface area (Å²) in [7, 11) is 0. The van der Waals surface area contributed by atoms with Gasteiger partial charge in [-0.25, -0.2) is 17.6 Å². The molecule has 296 valence electrons. The molecule has 0 aromatic rings. The molecule has 1 aliphatic rings. The SMILES string of the molecule is O=C(OCC(F)(F)C(F)(F)C(F)(F)C(F)(F)C(F)(F)C(F)F)C1CCCCC1C(=O)OCC(F)(F)C(F)(F)C(F)(F)C(F)(F)C(F)(F)C(F)F. The Morgan fingerprint density at radius 1 is 0.440 bits per heavy atom. The summed E-state index contributed by atoms with van der Waals surface area (Å²) in [5.74, 6) is -85.8. The lowest BCUT2D eigenvalue weighted by Crippen LogP contribution is -2.69. The number of hydrogen-bond acceptors (Lipinski definition) is 4. The van der Waals surface area contributed by atoms with Gasteiger partial charge < -0.3 is 9.47 Å². The molecule has 0 radical (unpaired) electrons. The highest BCUT2D eigenvalue weighted by Crippen LogP contribution is 2.59. The van der Waals surface area contributed by atoms with Gasteiger partial charge in [-0.05, 0) is 12.8 Å². The Morgan fingerprint density at radius 3 is 0.900 bits per heavy atom. The van der Waals surface area contributed by atoms with Crippen molar-refractivity contribution in [2.75, 3.05) is 13.2 Å². The molecule has 50 heavy (non-hydrogen) atoms. The number of carbonyl (C=O) groups excluding carboxylic acids is 2. The summed E-state index contributed by atoms with van der Waals surface area (Å²) in [6.07, 6.45) is -14.3. The summed E-state index contributed by atoms with van der Waals surface area (Å²) >= 11 is 0. The van der Waals surface area contributed by atoms with E-state index in [1.165, 1.54) is 0 Å². The zero-order valence-electron chi connectivity index (χ0n) is 23.3. The van der Waals surface area contributed by atoms with Gasteiger partial charge in [0, 0.05) is 0 Å². The van der Waals surface area contributed by atoms with Crippen LogP contribution in [0.3, 0.4) is 0 Å². The summed E-state index contributed by atoms with van der Waals surface area (Å²) in [6.45, 7) is -7.00. The van der Waals surface area contributed by atoms with E-state index in [1.54, 1.807) is 0 Å². The van der Waals surface area contributed by atoms with E-state index in [0.29, 0.717) is 0 Å². The molecule has 1 fully saturated rings. The molecule has 2 unspecified atom stereocenters. The normalized spacial score (nSPS) is 20.0. The zero-order chi connectivity index (χ0) is 40.1. The number of halogens is 24. The topological polar surface area (TPSA) is 52.6 Å². The molecule has 0 N–H and O–H groups in total. The predicted octanol–water partition coefficient (Wildman–Crippen LogP) is 8.76. The molecule has 0 spiro atoms. The number of carbonyl (C=O) groups is 2. The van der Waals surface area contributed by atoms with E-state index in [9.17, 15) is 115 Å². The van der Waals surface area contributed by atoms with Crippen LogP contribution in [0.5, 0.6) is 0 Å². The Labute approximate surface area is 260 Å². The molecule has 2 atom stereocenters. The Balaban J connectivity index is 3.21. The van der Waals surface area contributed by atoms with E-state index in [2.05, 4.69) is 9.47 Å². The number of hydrogen-bond donors (Lipinski definition) is 0. The first kappa shape index (κ1) is 45.3. The third-order valence-corrected chi connectivity index (χ3v) is 7.04. The van der Waals surface area contributed by atoms with Crippen molar-refractivity contribution in [1.29, 1.82) is 0 Å². The molecule has 0 aromatic carbocycles. The highest BCUT2D eigenvalue weighted by Gasteiger charge is 2.89. The first-order valence-corrected chi connectivity index (χ1v) is 12.6. The molecule has 4 nitrogen and oxygen atoms in total. The average Bonchev–Trinajstić information content (AvgIpc) is 2.97. The minimum atomic E-state index is -8.05. The second kappa shape index (κ2) is 13.7. The molecule has 0 aromatic heterocycles. The van der Waals surface area contributed by atoms with Crippen molar-refractivity contribution in [2.24, 2.45) is 11.8 Å². The van der Waals surface area contributed by atoms with Gasteiger partial charge in [0.1, 0.15) is 0 Å². The van der Waals surface area contributed by atoms with Gasteiger partial charge in [-0.15, -0.1) is 0 Å². The molecule has 1 saturated carbocycles. The van der Waals surface area contributed by atoms with E-state index >= 15 is 0 Å². The smallest absolute Gasteiger partial charge is 0.384 e. The molecule has 0 aliphatic heterocycles. The van der Waals surface area contributed by atoms with Gasteiger partial charge in [0.15, 0.2) is 13.2 Å². The van der Waals surface area contributed by atoms with Crippen molar-refractivity contribution in [1.82, 2.24) is 0 Å². The van der Waals surface area contributed by atoms with Crippen molar-refractivity contribution in [3.05, 3.63) is 0 Å². The minimum Gasteiger partial charge on any atom is -0.459 e. The van der Waals surface area contributed by atoms with Crippen LogP contribution < -0.4 is 0 Å². The molecular formula is C22H16F24O4. The number of rotatable bonds is 16. The van der Waals surface area contributed by atoms with Crippen LogP contribution in [-0.2, 0) is 19.1 Å². The number of esters is 2. The van der Waals surface area contributed by atoms with E-state index in [4.69, 9.17) is 0 Å². The number of ether oxygens (including phenoxy) is 2. The molecule has 1 aliphatic carbocycles. The van der Waals surface area contributed by atoms with Crippen LogP contribution >= 0.6 is 0 Å². The molecule has 0 saturated heterocycles. The standard InChI is InChI=1S/C22H16F24O4/c23-11(24)15(31,32)19(39,40)21(43,44)17(35,36)13(27,28)5-49-9(47)7-3-1-2-4-8(7)10(48)50-6-14(29,30)18(37,38)22(45,46)20(41,42)16(33,34)12(25)26/h7-8,11-12H,1-6H2. The highest BCUT2D eigenvalue weighted by atomic mass is 19.4. The van der Waals surface area contributed by atoms with Crippen LogP contribution in [0.2, 0.25) is 0 Å². The van der Waals surface area contributed by atoms with E-state index in [1.807, 2.05) is 0 Å². The van der Waals surface area contributed by atoms with Crippen LogP contribution in [0.15, 0.2) is 0 Å². The fourth-order valence-electron chi connectivity index (χ4n) is 3.96. The maximum atomic E-state index is 13.9. The van der Waals surface area contributed by atoms with Gasteiger partial charge in [0.05, 0.1) is 11.8 Å². The summed E-state index contributed by atoms with van der Waals surface area (Å²) in [4.78, 5) is 24.4. The van der Waals surface area contributed by atoms with Gasteiger partial charge in [-0.2, -0.15) is 87.8 Å². The maximum Gasteiger partial charge on any atom is 0.384 e. The van der Waals surface area contributed by atoms with Gasteiger partial charge in [0.25, 0.3) is 0 Å². The zero-order valence-corrected chi connectivity index (χ0v) is 23.3. The molecule has 0 amide bonds. The Kier molecular flexibility index (Phi) is 12.4. The monoisotopic (exact) mass is 800 g/mol. The van der Waals surface area contributed by atoms with E-state index in [0.717, 1.165) is 0 Å². The molecule has 0 heterocycles. The summed E-state index contributed by atoms with van der Waals surface area (Å²) in [6, 6.07) is 0. The summed E-state index contributed by atoms with van der Waals surface area (Å²) < 4.78 is 326. The van der Waals surface area contributed by atoms with Crippen LogP contribution in [0.4, 0.5) is 105 Å². The van der Waals surface area contributed by atoms with E-state index in [-0.39, 0.29) is 12.8 Å². The van der Waals surface area contributed by atoms with Gasteiger partial charge in [0.2, 0.25) is 0 Å². The van der Waals surface area contributed by atoms with Gasteiger partial charge >= 0.3 is 84.0 Å². The quantitative estimate of drug-likeness (QED) is 0.116. The summed E-state index contributed by atoms with van der Waals surface area (Å²) in [5.41, 5.74) is 0. The van der Waals surface area contributed by atoms with Crippen LogP contribution in [0, 0.1) is 11.8 Å². The van der Waals surface area contributed by atoms with Crippen LogP contribution in [0.1, 0.15) is 25.7 Å². The molecular weight excluding hydrogens is 784 g/mol. The van der Waals surface area contributed by atoms with Crippen molar-refractivity contribution < 1.29 is 124 Å². The summed E-state index contributed by atoms with van der Waals surface area (Å²) in [5, 5.41) is 0. The highest BCUT2D eigenvalue weighted by molar-refractivity contribution is 5.82. The second-order valence-electron chi connectivity index (χ2n) is 10.4. The van der Waals surface area contributed by atoms with Gasteiger partial charge in [-0.3, -0.25) is 9.59 Å². The lowest BCUT2D eigenvalue weighted by Gasteiger charge is -2.39. The van der Waals surface area contributed by atoms with Crippen LogP contribution in [-0.4, -0.2) is 97.2 Å². The lowest BCUT2D eigenvalue weighted by atomic mass is 9.79. The maximum absolute atomic E-state index is 13.9. The largest absolute Gasteiger partial charge is 0.459 e. The first-order valence-electron chi connectivity index (χ1n) is 12.6. The minimum absolute atomic E-state index is 0.364. The Hall–Kier alpha value is -2.74. The third kappa shape index (κ3) is 7.04. The van der Waals surface area contributed by atoms with Crippen LogP contribution in [0.25, 0.3) is 0 Å². The Morgan fingerprint density at radius 2 is 0.680 bits per heavy atom. The number of alkyl halides is 24. The fraction of sp³-hybridized carbons (Fsp3) is 0.909. The Bertz CT molecular complexity index is 1120. The van der Waals surface area contributed by atoms with Crippen molar-refractivity contribution in [3.8, 4) is 0 Å². The van der Waals surface area contributed by atoms with E-state index < -0.39 is 122 Å². The van der Waals surface area contributed by atoms with Crippen molar-refractivity contribution in [2.45, 2.75) is 97.8 Å². The first-order chi connectivity index (χ1) is 21.9. The average molecular weight is 800 g/mol. The second-order valence-corrected chi connectivity index (χ2v) is 10.4. The fourth-order valence-corrected chi connectivity index (χ4v) is 3.96. The molecule has 0 bridgehead atoms.